The van der Waals surface area contributed by atoms with E-state index in [0.717, 1.165) is 30.0 Å². The van der Waals surface area contributed by atoms with Crippen LogP contribution in [0.25, 0.3) is 0 Å². The molecule has 0 amide bonds. The minimum absolute atomic E-state index is 0.169. The fourth-order valence-electron chi connectivity index (χ4n) is 3.50. The summed E-state index contributed by atoms with van der Waals surface area (Å²) in [4.78, 5) is 0. The summed E-state index contributed by atoms with van der Waals surface area (Å²) in [6.07, 6.45) is 7.35. The number of hydrogen-bond acceptors (Lipinski definition) is 2. The zero-order valence-electron chi connectivity index (χ0n) is 11.5. The van der Waals surface area contributed by atoms with Gasteiger partial charge in [-0.15, -0.1) is 0 Å². The number of halogens is 1. The standard InChI is InChI=1S/C16H22ClNO/c1-12-14(17)5-4-6-15(12)18-13-7-10-19-16(11-13)8-2-3-9-16/h4-6,13,18H,2-3,7-11H2,1H3. The molecule has 1 spiro atoms. The number of ether oxygens (including phenoxy) is 1. The Labute approximate surface area is 120 Å². The predicted octanol–water partition coefficient (Wildman–Crippen LogP) is 4.55. The lowest BCUT2D eigenvalue weighted by Crippen LogP contribution is -2.42. The van der Waals surface area contributed by atoms with E-state index in [1.54, 1.807) is 0 Å². The number of hydrogen-bond donors (Lipinski definition) is 1. The van der Waals surface area contributed by atoms with Crippen molar-refractivity contribution in [1.29, 1.82) is 0 Å². The lowest BCUT2D eigenvalue weighted by Gasteiger charge is -2.39. The molecule has 0 bridgehead atoms. The molecule has 1 saturated carbocycles. The van der Waals surface area contributed by atoms with Gasteiger partial charge in [0.25, 0.3) is 0 Å². The molecular formula is C16H22ClNO. The zero-order chi connectivity index (χ0) is 13.3. The van der Waals surface area contributed by atoms with Gasteiger partial charge in [0.1, 0.15) is 0 Å². The van der Waals surface area contributed by atoms with Crippen LogP contribution < -0.4 is 5.32 Å². The minimum atomic E-state index is 0.169. The average Bonchev–Trinajstić information content (AvgIpc) is 2.83. The van der Waals surface area contributed by atoms with Gasteiger partial charge in [-0.1, -0.05) is 30.5 Å². The van der Waals surface area contributed by atoms with E-state index >= 15 is 0 Å². The van der Waals surface area contributed by atoms with E-state index < -0.39 is 0 Å². The lowest BCUT2D eigenvalue weighted by atomic mass is 9.88. The Morgan fingerprint density at radius 2 is 2.11 bits per heavy atom. The van der Waals surface area contributed by atoms with Crippen LogP contribution in [0.3, 0.4) is 0 Å². The molecule has 1 atom stereocenters. The first-order valence-electron chi connectivity index (χ1n) is 7.34. The Morgan fingerprint density at radius 1 is 1.32 bits per heavy atom. The van der Waals surface area contributed by atoms with Crippen molar-refractivity contribution in [2.45, 2.75) is 57.1 Å². The van der Waals surface area contributed by atoms with E-state index in [1.807, 2.05) is 12.1 Å². The third kappa shape index (κ3) is 2.75. The monoisotopic (exact) mass is 279 g/mol. The van der Waals surface area contributed by atoms with Crippen molar-refractivity contribution in [3.63, 3.8) is 0 Å². The average molecular weight is 280 g/mol. The molecule has 3 rings (SSSR count). The van der Waals surface area contributed by atoms with E-state index in [0.29, 0.717) is 6.04 Å². The number of anilines is 1. The van der Waals surface area contributed by atoms with Gasteiger partial charge in [0, 0.05) is 23.4 Å². The van der Waals surface area contributed by atoms with E-state index in [1.165, 1.54) is 31.4 Å². The molecule has 2 nitrogen and oxygen atoms in total. The molecule has 3 heteroatoms. The second-order valence-electron chi connectivity index (χ2n) is 5.99. The van der Waals surface area contributed by atoms with E-state index in [4.69, 9.17) is 16.3 Å². The van der Waals surface area contributed by atoms with Crippen molar-refractivity contribution < 1.29 is 4.74 Å². The summed E-state index contributed by atoms with van der Waals surface area (Å²) in [6.45, 7) is 2.96. The smallest absolute Gasteiger partial charge is 0.0702 e. The van der Waals surface area contributed by atoms with Crippen LogP contribution in [0.4, 0.5) is 5.69 Å². The normalized spacial score (nSPS) is 25.7. The van der Waals surface area contributed by atoms with Gasteiger partial charge in [0.05, 0.1) is 5.60 Å². The van der Waals surface area contributed by atoms with E-state index in [-0.39, 0.29) is 5.60 Å². The van der Waals surface area contributed by atoms with Gasteiger partial charge in [-0.05, 0) is 50.3 Å². The quantitative estimate of drug-likeness (QED) is 0.857. The summed E-state index contributed by atoms with van der Waals surface area (Å²) in [5.41, 5.74) is 2.49. The van der Waals surface area contributed by atoms with Crippen molar-refractivity contribution in [3.8, 4) is 0 Å². The fourth-order valence-corrected chi connectivity index (χ4v) is 3.68. The maximum atomic E-state index is 6.19. The van der Waals surface area contributed by atoms with Crippen molar-refractivity contribution in [2.75, 3.05) is 11.9 Å². The maximum absolute atomic E-state index is 6.19. The van der Waals surface area contributed by atoms with Gasteiger partial charge in [-0.2, -0.15) is 0 Å². The predicted molar refractivity (Wildman–Crippen MR) is 80.0 cm³/mol. The Morgan fingerprint density at radius 3 is 2.89 bits per heavy atom. The first-order valence-corrected chi connectivity index (χ1v) is 7.72. The first kappa shape index (κ1) is 13.3. The van der Waals surface area contributed by atoms with Gasteiger partial charge < -0.3 is 10.1 Å². The molecule has 2 aliphatic rings. The molecule has 104 valence electrons. The summed E-state index contributed by atoms with van der Waals surface area (Å²) >= 11 is 6.19. The Hall–Kier alpha value is -0.730. The van der Waals surface area contributed by atoms with Crippen LogP contribution in [0.2, 0.25) is 5.02 Å². The summed E-state index contributed by atoms with van der Waals surface area (Å²) in [5.74, 6) is 0. The third-order valence-electron chi connectivity index (χ3n) is 4.64. The fraction of sp³-hybridized carbons (Fsp3) is 0.625. The second kappa shape index (κ2) is 5.34. The largest absolute Gasteiger partial charge is 0.382 e. The molecular weight excluding hydrogens is 258 g/mol. The van der Waals surface area contributed by atoms with Crippen molar-refractivity contribution in [3.05, 3.63) is 28.8 Å². The molecule has 19 heavy (non-hydrogen) atoms. The highest BCUT2D eigenvalue weighted by molar-refractivity contribution is 6.31. The van der Waals surface area contributed by atoms with Gasteiger partial charge in [-0.25, -0.2) is 0 Å². The van der Waals surface area contributed by atoms with Crippen molar-refractivity contribution in [2.24, 2.45) is 0 Å². The molecule has 0 aromatic heterocycles. The molecule has 1 heterocycles. The van der Waals surface area contributed by atoms with Gasteiger partial charge in [-0.3, -0.25) is 0 Å². The molecule has 1 aromatic carbocycles. The maximum Gasteiger partial charge on any atom is 0.0702 e. The molecule has 1 aliphatic heterocycles. The highest BCUT2D eigenvalue weighted by Crippen LogP contribution is 2.40. The molecule has 1 aliphatic carbocycles. The van der Waals surface area contributed by atoms with Crippen LogP contribution in [0, 0.1) is 6.92 Å². The van der Waals surface area contributed by atoms with Gasteiger partial charge in [0.15, 0.2) is 0 Å². The molecule has 1 saturated heterocycles. The number of rotatable bonds is 2. The number of nitrogens with one attached hydrogen (secondary N) is 1. The van der Waals surface area contributed by atoms with Gasteiger partial charge >= 0.3 is 0 Å². The zero-order valence-corrected chi connectivity index (χ0v) is 12.3. The summed E-state index contributed by atoms with van der Waals surface area (Å²) in [7, 11) is 0. The lowest BCUT2D eigenvalue weighted by molar-refractivity contribution is -0.0767. The van der Waals surface area contributed by atoms with Crippen molar-refractivity contribution in [1.82, 2.24) is 0 Å². The number of benzene rings is 1. The van der Waals surface area contributed by atoms with E-state index in [2.05, 4.69) is 18.3 Å². The Kier molecular flexibility index (Phi) is 3.72. The van der Waals surface area contributed by atoms with Crippen LogP contribution in [0.5, 0.6) is 0 Å². The minimum Gasteiger partial charge on any atom is -0.382 e. The Bertz CT molecular complexity index is 454. The van der Waals surface area contributed by atoms with Crippen LogP contribution in [-0.2, 0) is 4.74 Å². The van der Waals surface area contributed by atoms with Crippen LogP contribution >= 0.6 is 11.6 Å². The van der Waals surface area contributed by atoms with Crippen molar-refractivity contribution >= 4 is 17.3 Å². The molecule has 0 radical (unpaired) electrons. The SMILES string of the molecule is Cc1c(Cl)cccc1NC1CCOC2(CCCC2)C1. The summed E-state index contributed by atoms with van der Waals surface area (Å²) in [5, 5.41) is 4.52. The van der Waals surface area contributed by atoms with E-state index in [9.17, 15) is 0 Å². The molecule has 2 fully saturated rings. The van der Waals surface area contributed by atoms with Crippen LogP contribution in [0.15, 0.2) is 18.2 Å². The molecule has 1 aromatic rings. The highest BCUT2D eigenvalue weighted by atomic mass is 35.5. The summed E-state index contributed by atoms with van der Waals surface area (Å²) in [6, 6.07) is 6.61. The molecule has 1 N–H and O–H groups in total. The Balaban J connectivity index is 1.71. The topological polar surface area (TPSA) is 21.3 Å². The van der Waals surface area contributed by atoms with Gasteiger partial charge in [0.2, 0.25) is 0 Å². The second-order valence-corrected chi connectivity index (χ2v) is 6.39. The first-order chi connectivity index (χ1) is 9.19. The summed E-state index contributed by atoms with van der Waals surface area (Å²) < 4.78 is 6.08. The van der Waals surface area contributed by atoms with Crippen LogP contribution in [0.1, 0.15) is 44.1 Å². The molecule has 1 unspecified atom stereocenters. The highest BCUT2D eigenvalue weighted by Gasteiger charge is 2.39. The van der Waals surface area contributed by atoms with Crippen LogP contribution in [-0.4, -0.2) is 18.2 Å². The third-order valence-corrected chi connectivity index (χ3v) is 5.04.